The zero-order valence-corrected chi connectivity index (χ0v) is 8.81. The summed E-state index contributed by atoms with van der Waals surface area (Å²) in [4.78, 5) is 0. The second-order valence-electron chi connectivity index (χ2n) is 4.02. The third-order valence-corrected chi connectivity index (χ3v) is 2.20. The molecule has 0 saturated carbocycles. The van der Waals surface area contributed by atoms with Crippen LogP contribution in [0.4, 0.5) is 0 Å². The smallest absolute Gasteiger partial charge is 0.0995 e. The first kappa shape index (κ1) is 10.1. The SMILES string of the molecule is CC(C)(C)c1c(Cl)cccc1C#N. The van der Waals surface area contributed by atoms with E-state index < -0.39 is 0 Å². The summed E-state index contributed by atoms with van der Waals surface area (Å²) in [5.74, 6) is 0. The second kappa shape index (κ2) is 3.40. The zero-order valence-electron chi connectivity index (χ0n) is 8.06. The van der Waals surface area contributed by atoms with E-state index in [0.717, 1.165) is 5.56 Å². The van der Waals surface area contributed by atoms with E-state index in [1.54, 1.807) is 12.1 Å². The molecule has 0 N–H and O–H groups in total. The molecule has 0 atom stereocenters. The normalized spacial score (nSPS) is 11.0. The Balaban J connectivity index is 3.43. The maximum absolute atomic E-state index is 8.90. The van der Waals surface area contributed by atoms with Crippen LogP contribution in [0.15, 0.2) is 18.2 Å². The number of hydrogen-bond acceptors (Lipinski definition) is 1. The van der Waals surface area contributed by atoms with Gasteiger partial charge in [-0.25, -0.2) is 0 Å². The van der Waals surface area contributed by atoms with Crippen molar-refractivity contribution in [2.75, 3.05) is 0 Å². The summed E-state index contributed by atoms with van der Waals surface area (Å²) in [6, 6.07) is 7.58. The van der Waals surface area contributed by atoms with Crippen molar-refractivity contribution in [2.24, 2.45) is 0 Å². The maximum Gasteiger partial charge on any atom is 0.0995 e. The minimum absolute atomic E-state index is 0.0800. The molecule has 0 aliphatic rings. The highest BCUT2D eigenvalue weighted by Gasteiger charge is 2.20. The van der Waals surface area contributed by atoms with Gasteiger partial charge in [0, 0.05) is 5.02 Å². The standard InChI is InChI=1S/C11H12ClN/c1-11(2,3)10-8(7-13)5-4-6-9(10)12/h4-6H,1-3H3. The number of hydrogen-bond donors (Lipinski definition) is 0. The van der Waals surface area contributed by atoms with Crippen molar-refractivity contribution in [3.8, 4) is 6.07 Å². The lowest BCUT2D eigenvalue weighted by atomic mass is 9.84. The number of rotatable bonds is 0. The Bertz CT molecular complexity index is 355. The molecule has 68 valence electrons. The molecule has 0 amide bonds. The van der Waals surface area contributed by atoms with Crippen molar-refractivity contribution in [1.82, 2.24) is 0 Å². The number of nitriles is 1. The van der Waals surface area contributed by atoms with Crippen molar-refractivity contribution < 1.29 is 0 Å². The molecule has 0 heterocycles. The van der Waals surface area contributed by atoms with Gasteiger partial charge in [-0.1, -0.05) is 38.4 Å². The Morgan fingerprint density at radius 2 is 1.92 bits per heavy atom. The highest BCUT2D eigenvalue weighted by atomic mass is 35.5. The first-order valence-corrected chi connectivity index (χ1v) is 4.53. The molecule has 1 nitrogen and oxygen atoms in total. The molecule has 1 aromatic carbocycles. The number of nitrogens with zero attached hydrogens (tertiary/aromatic N) is 1. The van der Waals surface area contributed by atoms with Gasteiger partial charge < -0.3 is 0 Å². The molecule has 0 saturated heterocycles. The van der Waals surface area contributed by atoms with Gasteiger partial charge >= 0.3 is 0 Å². The lowest BCUT2D eigenvalue weighted by molar-refractivity contribution is 0.589. The van der Waals surface area contributed by atoms with E-state index >= 15 is 0 Å². The molecule has 0 aromatic heterocycles. The zero-order chi connectivity index (χ0) is 10.1. The predicted octanol–water partition coefficient (Wildman–Crippen LogP) is 3.51. The molecule has 0 aliphatic carbocycles. The van der Waals surface area contributed by atoms with Crippen LogP contribution in [-0.2, 0) is 5.41 Å². The molecule has 0 radical (unpaired) electrons. The monoisotopic (exact) mass is 193 g/mol. The van der Waals surface area contributed by atoms with Gasteiger partial charge in [0.15, 0.2) is 0 Å². The molecule has 2 heteroatoms. The molecule has 13 heavy (non-hydrogen) atoms. The number of halogens is 1. The third kappa shape index (κ3) is 2.02. The van der Waals surface area contributed by atoms with Crippen molar-refractivity contribution >= 4 is 11.6 Å². The Morgan fingerprint density at radius 3 is 2.31 bits per heavy atom. The molecular weight excluding hydrogens is 182 g/mol. The summed E-state index contributed by atoms with van der Waals surface area (Å²) < 4.78 is 0. The van der Waals surface area contributed by atoms with Crippen LogP contribution in [0.2, 0.25) is 5.02 Å². The molecule has 1 rings (SSSR count). The number of benzene rings is 1. The van der Waals surface area contributed by atoms with Crippen LogP contribution in [-0.4, -0.2) is 0 Å². The maximum atomic E-state index is 8.90. The molecule has 0 fully saturated rings. The second-order valence-corrected chi connectivity index (χ2v) is 4.43. The van der Waals surface area contributed by atoms with E-state index in [4.69, 9.17) is 16.9 Å². The fourth-order valence-electron chi connectivity index (χ4n) is 1.38. The van der Waals surface area contributed by atoms with Crippen LogP contribution in [0.25, 0.3) is 0 Å². The van der Waals surface area contributed by atoms with Gasteiger partial charge in [-0.2, -0.15) is 5.26 Å². The van der Waals surface area contributed by atoms with Crippen LogP contribution in [0.3, 0.4) is 0 Å². The molecule has 0 unspecified atom stereocenters. The van der Waals surface area contributed by atoms with Gasteiger partial charge in [0.1, 0.15) is 0 Å². The summed E-state index contributed by atoms with van der Waals surface area (Å²) in [6.45, 7) is 6.15. The van der Waals surface area contributed by atoms with Gasteiger partial charge in [0.2, 0.25) is 0 Å². The lowest BCUT2D eigenvalue weighted by Gasteiger charge is -2.21. The van der Waals surface area contributed by atoms with Crippen LogP contribution in [0.1, 0.15) is 31.9 Å². The quantitative estimate of drug-likeness (QED) is 0.619. The van der Waals surface area contributed by atoms with Crippen LogP contribution in [0.5, 0.6) is 0 Å². The first-order chi connectivity index (χ1) is 5.96. The lowest BCUT2D eigenvalue weighted by Crippen LogP contribution is -2.13. The molecule has 0 aliphatic heterocycles. The summed E-state index contributed by atoms with van der Waals surface area (Å²) in [6.07, 6.45) is 0. The average molecular weight is 194 g/mol. The third-order valence-electron chi connectivity index (χ3n) is 1.88. The summed E-state index contributed by atoms with van der Waals surface area (Å²) >= 11 is 6.04. The summed E-state index contributed by atoms with van der Waals surface area (Å²) in [5, 5.41) is 9.57. The van der Waals surface area contributed by atoms with Crippen molar-refractivity contribution in [3.63, 3.8) is 0 Å². The highest BCUT2D eigenvalue weighted by Crippen LogP contribution is 2.31. The van der Waals surface area contributed by atoms with E-state index in [-0.39, 0.29) is 5.41 Å². The molecule has 0 bridgehead atoms. The van der Waals surface area contributed by atoms with Gasteiger partial charge in [-0.05, 0) is 23.1 Å². The van der Waals surface area contributed by atoms with Gasteiger partial charge in [-0.3, -0.25) is 0 Å². The van der Waals surface area contributed by atoms with Gasteiger partial charge in [0.05, 0.1) is 11.6 Å². The predicted molar refractivity (Wildman–Crippen MR) is 54.9 cm³/mol. The Labute approximate surface area is 84.0 Å². The van der Waals surface area contributed by atoms with Crippen LogP contribution in [0, 0.1) is 11.3 Å². The van der Waals surface area contributed by atoms with E-state index in [2.05, 4.69) is 26.8 Å². The van der Waals surface area contributed by atoms with E-state index in [1.807, 2.05) is 6.07 Å². The van der Waals surface area contributed by atoms with E-state index in [9.17, 15) is 0 Å². The molecule has 0 spiro atoms. The van der Waals surface area contributed by atoms with Crippen LogP contribution < -0.4 is 0 Å². The largest absolute Gasteiger partial charge is 0.192 e. The van der Waals surface area contributed by atoms with Gasteiger partial charge in [-0.15, -0.1) is 0 Å². The fraction of sp³-hybridized carbons (Fsp3) is 0.364. The van der Waals surface area contributed by atoms with Crippen molar-refractivity contribution in [3.05, 3.63) is 34.3 Å². The Kier molecular flexibility index (Phi) is 2.63. The average Bonchev–Trinajstić information content (AvgIpc) is 2.01. The topological polar surface area (TPSA) is 23.8 Å². The Morgan fingerprint density at radius 1 is 1.31 bits per heavy atom. The van der Waals surface area contributed by atoms with E-state index in [1.165, 1.54) is 0 Å². The Hall–Kier alpha value is -1.00. The molecule has 1 aromatic rings. The first-order valence-electron chi connectivity index (χ1n) is 4.16. The van der Waals surface area contributed by atoms with Gasteiger partial charge in [0.25, 0.3) is 0 Å². The van der Waals surface area contributed by atoms with Crippen molar-refractivity contribution in [1.29, 1.82) is 5.26 Å². The fourth-order valence-corrected chi connectivity index (χ4v) is 1.84. The minimum atomic E-state index is -0.0800. The summed E-state index contributed by atoms with van der Waals surface area (Å²) in [7, 11) is 0. The molecular formula is C11H12ClN. The summed E-state index contributed by atoms with van der Waals surface area (Å²) in [5.41, 5.74) is 1.52. The van der Waals surface area contributed by atoms with Crippen molar-refractivity contribution in [2.45, 2.75) is 26.2 Å². The minimum Gasteiger partial charge on any atom is -0.192 e. The van der Waals surface area contributed by atoms with E-state index in [0.29, 0.717) is 10.6 Å². The van der Waals surface area contributed by atoms with Crippen LogP contribution >= 0.6 is 11.6 Å². The highest BCUT2D eigenvalue weighted by molar-refractivity contribution is 6.31.